The van der Waals surface area contributed by atoms with E-state index in [9.17, 15) is 4.79 Å². The molecule has 0 saturated carbocycles. The van der Waals surface area contributed by atoms with Gasteiger partial charge < -0.3 is 5.32 Å². The molecule has 0 bridgehead atoms. The van der Waals surface area contributed by atoms with E-state index >= 15 is 0 Å². The summed E-state index contributed by atoms with van der Waals surface area (Å²) < 4.78 is 1.61. The van der Waals surface area contributed by atoms with Crippen LogP contribution in [0.25, 0.3) is 0 Å². The zero-order valence-corrected chi connectivity index (χ0v) is 11.6. The van der Waals surface area contributed by atoms with Crippen LogP contribution in [0.3, 0.4) is 0 Å². The van der Waals surface area contributed by atoms with Crippen molar-refractivity contribution in [2.75, 3.05) is 5.32 Å². The molecule has 4 heteroatoms. The maximum atomic E-state index is 11.9. The molecule has 0 aliphatic rings. The molecule has 100 valence electrons. The first-order chi connectivity index (χ1) is 9.10. The number of amides is 1. The third kappa shape index (κ3) is 3.22. The van der Waals surface area contributed by atoms with E-state index < -0.39 is 0 Å². The van der Waals surface area contributed by atoms with Crippen molar-refractivity contribution >= 4 is 11.6 Å². The van der Waals surface area contributed by atoms with Crippen LogP contribution in [0.4, 0.5) is 5.69 Å². The number of carbonyl (C=O) groups is 1. The first-order valence-electron chi connectivity index (χ1n) is 6.50. The van der Waals surface area contributed by atoms with Gasteiger partial charge in [-0.1, -0.05) is 26.0 Å². The highest BCUT2D eigenvalue weighted by Gasteiger charge is 2.08. The lowest BCUT2D eigenvalue weighted by Crippen LogP contribution is -2.11. The number of hydrogen-bond donors (Lipinski definition) is 1. The van der Waals surface area contributed by atoms with E-state index in [1.165, 1.54) is 5.56 Å². The highest BCUT2D eigenvalue weighted by molar-refractivity contribution is 6.03. The van der Waals surface area contributed by atoms with E-state index in [1.54, 1.807) is 24.1 Å². The van der Waals surface area contributed by atoms with Crippen LogP contribution >= 0.6 is 0 Å². The molecule has 1 aromatic heterocycles. The summed E-state index contributed by atoms with van der Waals surface area (Å²) in [7, 11) is 1.79. The van der Waals surface area contributed by atoms with Crippen LogP contribution in [0.2, 0.25) is 0 Å². The molecule has 0 saturated heterocycles. The van der Waals surface area contributed by atoms with Crippen molar-refractivity contribution in [2.45, 2.75) is 26.2 Å². The highest BCUT2D eigenvalue weighted by atomic mass is 16.1. The van der Waals surface area contributed by atoms with Gasteiger partial charge >= 0.3 is 0 Å². The van der Waals surface area contributed by atoms with Crippen molar-refractivity contribution in [3.8, 4) is 0 Å². The van der Waals surface area contributed by atoms with Gasteiger partial charge in [-0.25, -0.2) is 0 Å². The molecule has 2 aromatic rings. The number of rotatable bonds is 4. The Morgan fingerprint density at radius 2 is 2.05 bits per heavy atom. The Balaban J connectivity index is 2.05. The molecule has 1 atom stereocenters. The van der Waals surface area contributed by atoms with Gasteiger partial charge in [-0.2, -0.15) is 5.10 Å². The molecule has 0 unspecified atom stereocenters. The standard InChI is InChI=1S/C15H19N3O/c1-4-11(2)12-5-7-14(8-6-12)17-15(19)13-9-16-18(3)10-13/h5-11H,4H2,1-3H3,(H,17,19)/t11-/m1/s1. The van der Waals surface area contributed by atoms with Crippen molar-refractivity contribution in [3.63, 3.8) is 0 Å². The second kappa shape index (κ2) is 5.69. The summed E-state index contributed by atoms with van der Waals surface area (Å²) >= 11 is 0. The maximum Gasteiger partial charge on any atom is 0.258 e. The molecule has 1 amide bonds. The summed E-state index contributed by atoms with van der Waals surface area (Å²) in [5.74, 6) is 0.410. The smallest absolute Gasteiger partial charge is 0.258 e. The average molecular weight is 257 g/mol. The lowest BCUT2D eigenvalue weighted by atomic mass is 9.99. The van der Waals surface area contributed by atoms with E-state index in [1.807, 2.05) is 12.1 Å². The van der Waals surface area contributed by atoms with Gasteiger partial charge in [0.25, 0.3) is 5.91 Å². The Morgan fingerprint density at radius 1 is 1.37 bits per heavy atom. The fourth-order valence-electron chi connectivity index (χ4n) is 1.87. The fourth-order valence-corrected chi connectivity index (χ4v) is 1.87. The molecule has 1 heterocycles. The van der Waals surface area contributed by atoms with Crippen molar-refractivity contribution in [1.82, 2.24) is 9.78 Å². The normalized spacial score (nSPS) is 12.2. The monoisotopic (exact) mass is 257 g/mol. The molecule has 2 rings (SSSR count). The Hall–Kier alpha value is -2.10. The number of anilines is 1. The molecule has 4 nitrogen and oxygen atoms in total. The molecule has 0 fully saturated rings. The molecule has 0 aliphatic heterocycles. The van der Waals surface area contributed by atoms with Crippen LogP contribution in [0, 0.1) is 0 Å². The Kier molecular flexibility index (Phi) is 4.00. The SMILES string of the molecule is CC[C@@H](C)c1ccc(NC(=O)c2cnn(C)c2)cc1. The molecule has 0 radical (unpaired) electrons. The summed E-state index contributed by atoms with van der Waals surface area (Å²) in [6.45, 7) is 4.37. The minimum absolute atomic E-state index is 0.135. The number of benzene rings is 1. The van der Waals surface area contributed by atoms with Crippen LogP contribution in [-0.2, 0) is 7.05 Å². The summed E-state index contributed by atoms with van der Waals surface area (Å²) in [6.07, 6.45) is 4.37. The lowest BCUT2D eigenvalue weighted by Gasteiger charge is -2.10. The van der Waals surface area contributed by atoms with Crippen molar-refractivity contribution in [2.24, 2.45) is 7.05 Å². The second-order valence-corrected chi connectivity index (χ2v) is 4.79. The number of nitrogens with one attached hydrogen (secondary N) is 1. The minimum atomic E-state index is -0.135. The van der Waals surface area contributed by atoms with Gasteiger partial charge in [0.2, 0.25) is 0 Å². The molecule has 1 N–H and O–H groups in total. The van der Waals surface area contributed by atoms with Gasteiger partial charge in [0, 0.05) is 18.9 Å². The largest absolute Gasteiger partial charge is 0.322 e. The third-order valence-corrected chi connectivity index (χ3v) is 3.32. The number of aryl methyl sites for hydroxylation is 1. The topological polar surface area (TPSA) is 46.9 Å². The van der Waals surface area contributed by atoms with E-state index in [0.29, 0.717) is 11.5 Å². The predicted octanol–water partition coefficient (Wildman–Crippen LogP) is 3.19. The van der Waals surface area contributed by atoms with Crippen LogP contribution < -0.4 is 5.32 Å². The first kappa shape index (κ1) is 13.3. The quantitative estimate of drug-likeness (QED) is 0.914. The summed E-state index contributed by atoms with van der Waals surface area (Å²) in [4.78, 5) is 11.9. The Labute approximate surface area is 113 Å². The minimum Gasteiger partial charge on any atom is -0.322 e. The molecular formula is C15H19N3O. The van der Waals surface area contributed by atoms with Crippen LogP contribution in [-0.4, -0.2) is 15.7 Å². The second-order valence-electron chi connectivity index (χ2n) is 4.79. The van der Waals surface area contributed by atoms with Gasteiger partial charge in [0.15, 0.2) is 0 Å². The van der Waals surface area contributed by atoms with E-state index in [2.05, 4.69) is 36.4 Å². The van der Waals surface area contributed by atoms with Crippen LogP contribution in [0.15, 0.2) is 36.7 Å². The average Bonchev–Trinajstić information content (AvgIpc) is 2.85. The number of aromatic nitrogens is 2. The molecule has 0 spiro atoms. The van der Waals surface area contributed by atoms with Gasteiger partial charge in [0.05, 0.1) is 11.8 Å². The van der Waals surface area contributed by atoms with Gasteiger partial charge in [-0.15, -0.1) is 0 Å². The Morgan fingerprint density at radius 3 is 2.58 bits per heavy atom. The zero-order valence-electron chi connectivity index (χ0n) is 11.6. The van der Waals surface area contributed by atoms with Crippen LogP contribution in [0.1, 0.15) is 42.1 Å². The molecule has 0 aliphatic carbocycles. The van der Waals surface area contributed by atoms with E-state index in [4.69, 9.17) is 0 Å². The lowest BCUT2D eigenvalue weighted by molar-refractivity contribution is 0.102. The van der Waals surface area contributed by atoms with Crippen molar-refractivity contribution in [3.05, 3.63) is 47.8 Å². The van der Waals surface area contributed by atoms with Crippen molar-refractivity contribution in [1.29, 1.82) is 0 Å². The summed E-state index contributed by atoms with van der Waals surface area (Å²) in [5.41, 5.74) is 2.66. The molecule has 19 heavy (non-hydrogen) atoms. The van der Waals surface area contributed by atoms with Gasteiger partial charge in [-0.3, -0.25) is 9.48 Å². The number of nitrogens with zero attached hydrogens (tertiary/aromatic N) is 2. The van der Waals surface area contributed by atoms with Gasteiger partial charge in [0.1, 0.15) is 0 Å². The first-order valence-corrected chi connectivity index (χ1v) is 6.50. The van der Waals surface area contributed by atoms with Gasteiger partial charge in [-0.05, 0) is 30.0 Å². The zero-order chi connectivity index (χ0) is 13.8. The highest BCUT2D eigenvalue weighted by Crippen LogP contribution is 2.20. The fraction of sp³-hybridized carbons (Fsp3) is 0.333. The number of carbonyl (C=O) groups excluding carboxylic acids is 1. The van der Waals surface area contributed by atoms with E-state index in [-0.39, 0.29) is 5.91 Å². The summed E-state index contributed by atoms with van der Waals surface area (Å²) in [5, 5.41) is 6.85. The predicted molar refractivity (Wildman–Crippen MR) is 76.3 cm³/mol. The van der Waals surface area contributed by atoms with Crippen LogP contribution in [0.5, 0.6) is 0 Å². The summed E-state index contributed by atoms with van der Waals surface area (Å²) in [6, 6.07) is 8.01. The third-order valence-electron chi connectivity index (χ3n) is 3.32. The number of hydrogen-bond acceptors (Lipinski definition) is 2. The molecule has 1 aromatic carbocycles. The van der Waals surface area contributed by atoms with E-state index in [0.717, 1.165) is 12.1 Å². The maximum absolute atomic E-state index is 11.9. The Bertz CT molecular complexity index is 557. The molecular weight excluding hydrogens is 238 g/mol. The van der Waals surface area contributed by atoms with Crippen molar-refractivity contribution < 1.29 is 4.79 Å².